The highest BCUT2D eigenvalue weighted by molar-refractivity contribution is 5.92. The first-order chi connectivity index (χ1) is 16.6. The van der Waals surface area contributed by atoms with Crippen molar-refractivity contribution in [2.24, 2.45) is 0 Å². The van der Waals surface area contributed by atoms with Crippen molar-refractivity contribution in [3.8, 4) is 11.5 Å². The molecule has 0 unspecified atom stereocenters. The molecule has 35 heavy (non-hydrogen) atoms. The molecule has 0 bridgehead atoms. The zero-order valence-electron chi connectivity index (χ0n) is 19.7. The Morgan fingerprint density at radius 3 is 2.54 bits per heavy atom. The highest BCUT2D eigenvalue weighted by Crippen LogP contribution is 2.37. The number of nitrogens with two attached hydrogens (primary N) is 1. The number of nitrogen functional groups attached to an aromatic ring is 1. The van der Waals surface area contributed by atoms with Crippen LogP contribution in [0.4, 0.5) is 24.7 Å². The van der Waals surface area contributed by atoms with Crippen LogP contribution in [0.25, 0.3) is 10.9 Å². The molecule has 0 spiro atoms. The number of hydrogen-bond acceptors (Lipinski definition) is 8. The first-order valence-corrected chi connectivity index (χ1v) is 11.2. The summed E-state index contributed by atoms with van der Waals surface area (Å²) in [6.45, 7) is 5.68. The number of methoxy groups -OCH3 is 1. The number of anilines is 2. The zero-order chi connectivity index (χ0) is 25.2. The fourth-order valence-corrected chi connectivity index (χ4v) is 3.71. The molecule has 4 rings (SSSR count). The third-order valence-electron chi connectivity index (χ3n) is 5.61. The van der Waals surface area contributed by atoms with Gasteiger partial charge in [-0.25, -0.2) is 9.97 Å². The predicted molar refractivity (Wildman–Crippen MR) is 127 cm³/mol. The quantitative estimate of drug-likeness (QED) is 0.304. The second kappa shape index (κ2) is 10.1. The highest BCUT2D eigenvalue weighted by atomic mass is 19.4. The van der Waals surface area contributed by atoms with E-state index in [1.165, 1.54) is 6.07 Å². The summed E-state index contributed by atoms with van der Waals surface area (Å²) in [4.78, 5) is 9.04. The number of ether oxygens (including phenoxy) is 3. The Morgan fingerprint density at radius 1 is 1.11 bits per heavy atom. The summed E-state index contributed by atoms with van der Waals surface area (Å²) in [7, 11) is 1.59. The van der Waals surface area contributed by atoms with Crippen LogP contribution in [-0.4, -0.2) is 49.5 Å². The maximum absolute atomic E-state index is 13.3. The molecule has 11 heteroatoms. The summed E-state index contributed by atoms with van der Waals surface area (Å²) in [6, 6.07) is 6.57. The number of hydrogen-bond donors (Lipinski definition) is 3. The maximum Gasteiger partial charge on any atom is 0.416 e. The Kier molecular flexibility index (Phi) is 7.18. The maximum atomic E-state index is 13.3. The van der Waals surface area contributed by atoms with E-state index in [1.807, 2.05) is 0 Å². The van der Waals surface area contributed by atoms with Crippen LogP contribution in [0.2, 0.25) is 0 Å². The lowest BCUT2D eigenvalue weighted by atomic mass is 10.0. The minimum Gasteiger partial charge on any atom is -0.487 e. The van der Waals surface area contributed by atoms with Crippen LogP contribution in [0, 0.1) is 6.92 Å². The first kappa shape index (κ1) is 24.8. The average molecular weight is 492 g/mol. The SMILES string of the molecule is COCCOc1cc2c(N[C@H](C)c3cc(N)cc(C(F)(F)F)c3)nc(C)nc2cc1OC1CNC1. The molecule has 1 saturated heterocycles. The van der Waals surface area contributed by atoms with Gasteiger partial charge in [0, 0.05) is 37.3 Å². The van der Waals surface area contributed by atoms with Gasteiger partial charge in [0.25, 0.3) is 0 Å². The van der Waals surface area contributed by atoms with Gasteiger partial charge in [-0.05, 0) is 43.7 Å². The molecule has 1 aliphatic rings. The van der Waals surface area contributed by atoms with Gasteiger partial charge in [0.1, 0.15) is 24.4 Å². The molecule has 0 amide bonds. The zero-order valence-corrected chi connectivity index (χ0v) is 19.7. The number of fused-ring (bicyclic) bond motifs is 1. The Hall–Kier alpha value is -3.31. The van der Waals surface area contributed by atoms with E-state index in [4.69, 9.17) is 19.9 Å². The lowest BCUT2D eigenvalue weighted by Gasteiger charge is -2.28. The lowest BCUT2D eigenvalue weighted by Crippen LogP contribution is -2.50. The van der Waals surface area contributed by atoms with Crippen LogP contribution in [0.1, 0.15) is 29.9 Å². The topological polar surface area (TPSA) is 104 Å². The molecule has 2 aromatic carbocycles. The van der Waals surface area contributed by atoms with Crippen molar-refractivity contribution in [2.45, 2.75) is 32.2 Å². The van der Waals surface area contributed by atoms with Gasteiger partial charge >= 0.3 is 6.18 Å². The molecular formula is C24H28F3N5O3. The average Bonchev–Trinajstić information content (AvgIpc) is 2.75. The summed E-state index contributed by atoms with van der Waals surface area (Å²) in [5, 5.41) is 7.03. The molecule has 1 aromatic heterocycles. The van der Waals surface area contributed by atoms with Gasteiger partial charge in [-0.15, -0.1) is 0 Å². The third-order valence-corrected chi connectivity index (χ3v) is 5.61. The number of nitrogens with one attached hydrogen (secondary N) is 2. The lowest BCUT2D eigenvalue weighted by molar-refractivity contribution is -0.137. The van der Waals surface area contributed by atoms with Gasteiger partial charge in [0.2, 0.25) is 0 Å². The van der Waals surface area contributed by atoms with E-state index >= 15 is 0 Å². The molecular weight excluding hydrogens is 463 g/mol. The van der Waals surface area contributed by atoms with E-state index in [0.717, 1.165) is 25.2 Å². The molecule has 8 nitrogen and oxygen atoms in total. The number of aromatic nitrogens is 2. The Bertz CT molecular complexity index is 1200. The van der Waals surface area contributed by atoms with E-state index in [9.17, 15) is 13.2 Å². The van der Waals surface area contributed by atoms with Gasteiger partial charge in [-0.1, -0.05) is 0 Å². The Balaban J connectivity index is 1.70. The second-order valence-corrected chi connectivity index (χ2v) is 8.43. The molecule has 1 aliphatic heterocycles. The number of benzene rings is 2. The van der Waals surface area contributed by atoms with Crippen molar-refractivity contribution >= 4 is 22.4 Å². The Labute approximate surface area is 201 Å². The monoisotopic (exact) mass is 491 g/mol. The van der Waals surface area contributed by atoms with Gasteiger partial charge < -0.3 is 30.6 Å². The summed E-state index contributed by atoms with van der Waals surface area (Å²) in [5.41, 5.74) is 6.00. The molecule has 4 N–H and O–H groups in total. The largest absolute Gasteiger partial charge is 0.487 e. The minimum atomic E-state index is -4.50. The molecule has 188 valence electrons. The second-order valence-electron chi connectivity index (χ2n) is 8.43. The van der Waals surface area contributed by atoms with Crippen LogP contribution in [0.5, 0.6) is 11.5 Å². The third kappa shape index (κ3) is 5.85. The van der Waals surface area contributed by atoms with Crippen molar-refractivity contribution in [1.82, 2.24) is 15.3 Å². The van der Waals surface area contributed by atoms with E-state index in [2.05, 4.69) is 20.6 Å². The van der Waals surface area contributed by atoms with Crippen LogP contribution in [0.15, 0.2) is 30.3 Å². The Morgan fingerprint density at radius 2 is 1.89 bits per heavy atom. The molecule has 0 radical (unpaired) electrons. The summed E-state index contributed by atoms with van der Waals surface area (Å²) < 4.78 is 57.0. The van der Waals surface area contributed by atoms with E-state index in [1.54, 1.807) is 33.1 Å². The van der Waals surface area contributed by atoms with Crippen LogP contribution >= 0.6 is 0 Å². The summed E-state index contributed by atoms with van der Waals surface area (Å²) >= 11 is 0. The van der Waals surface area contributed by atoms with Crippen molar-refractivity contribution < 1.29 is 27.4 Å². The molecule has 2 heterocycles. The highest BCUT2D eigenvalue weighted by Gasteiger charge is 2.31. The van der Waals surface area contributed by atoms with E-state index in [0.29, 0.717) is 52.8 Å². The van der Waals surface area contributed by atoms with Crippen molar-refractivity contribution in [2.75, 3.05) is 44.5 Å². The molecule has 0 saturated carbocycles. The predicted octanol–water partition coefficient (Wildman–Crippen LogP) is 4.09. The van der Waals surface area contributed by atoms with Crippen molar-refractivity contribution in [1.29, 1.82) is 0 Å². The fourth-order valence-electron chi connectivity index (χ4n) is 3.71. The van der Waals surface area contributed by atoms with Gasteiger partial charge in [0.15, 0.2) is 11.5 Å². The number of halogens is 3. The van der Waals surface area contributed by atoms with Crippen LogP contribution < -0.4 is 25.8 Å². The summed E-state index contributed by atoms with van der Waals surface area (Å²) in [6.07, 6.45) is -4.47. The first-order valence-electron chi connectivity index (χ1n) is 11.2. The van der Waals surface area contributed by atoms with Crippen LogP contribution in [-0.2, 0) is 10.9 Å². The fraction of sp³-hybridized carbons (Fsp3) is 0.417. The van der Waals surface area contributed by atoms with Gasteiger partial charge in [-0.2, -0.15) is 13.2 Å². The smallest absolute Gasteiger partial charge is 0.416 e. The number of rotatable bonds is 9. The van der Waals surface area contributed by atoms with E-state index < -0.39 is 17.8 Å². The molecule has 1 atom stereocenters. The van der Waals surface area contributed by atoms with Crippen LogP contribution in [0.3, 0.4) is 0 Å². The van der Waals surface area contributed by atoms with Gasteiger partial charge in [-0.3, -0.25) is 0 Å². The molecule has 1 fully saturated rings. The normalized spacial score (nSPS) is 15.0. The molecule has 0 aliphatic carbocycles. The van der Waals surface area contributed by atoms with Crippen molar-refractivity contribution in [3.05, 3.63) is 47.3 Å². The summed E-state index contributed by atoms with van der Waals surface area (Å²) in [5.74, 6) is 2.03. The number of alkyl halides is 3. The number of nitrogens with zero attached hydrogens (tertiary/aromatic N) is 2. The minimum absolute atomic E-state index is 0.0316. The van der Waals surface area contributed by atoms with E-state index in [-0.39, 0.29) is 11.8 Å². The van der Waals surface area contributed by atoms with Gasteiger partial charge in [0.05, 0.1) is 23.7 Å². The van der Waals surface area contributed by atoms with Crippen molar-refractivity contribution in [3.63, 3.8) is 0 Å². The molecule has 3 aromatic rings. The standard InChI is InChI=1S/C24H28F3N5O3/c1-13(15-6-16(24(25,26)27)8-17(28)7-15)30-23-19-9-21(34-5-4-33-3)22(35-18-11-29-12-18)10-20(19)31-14(2)32-23/h6-10,13,18,29H,4-5,11-12,28H2,1-3H3,(H,30,31,32)/t13-/m1/s1. The number of aryl methyl sites for hydroxylation is 1.